The monoisotopic (exact) mass is 375 g/mol. The third kappa shape index (κ3) is 2.82. The minimum atomic E-state index is 0.381. The predicted octanol–water partition coefficient (Wildman–Crippen LogP) is 2.91. The number of aromatic nitrogens is 3. The zero-order valence-electron chi connectivity index (χ0n) is 13.2. The summed E-state index contributed by atoms with van der Waals surface area (Å²) in [6, 6.07) is 7.06. The SMILES string of the molecule is C=CCn1cnn(C[NH+]2CCc3sccc3[C@@H]2c2cccs2)c1=S. The Morgan fingerprint density at radius 3 is 3.08 bits per heavy atom. The minimum absolute atomic E-state index is 0.381. The van der Waals surface area contributed by atoms with Gasteiger partial charge in [0.05, 0.1) is 11.4 Å². The summed E-state index contributed by atoms with van der Waals surface area (Å²) in [7, 11) is 0. The highest BCUT2D eigenvalue weighted by Crippen LogP contribution is 2.31. The van der Waals surface area contributed by atoms with E-state index < -0.39 is 0 Å². The first-order valence-corrected chi connectivity index (χ1v) is 10.1. The topological polar surface area (TPSA) is 27.2 Å². The Bertz CT molecular complexity index is 887. The lowest BCUT2D eigenvalue weighted by molar-refractivity contribution is -0.950. The molecule has 4 rings (SSSR count). The molecule has 4 nitrogen and oxygen atoms in total. The van der Waals surface area contributed by atoms with E-state index in [1.54, 1.807) is 0 Å². The summed E-state index contributed by atoms with van der Waals surface area (Å²) in [5, 5.41) is 8.89. The van der Waals surface area contributed by atoms with Crippen molar-refractivity contribution in [2.75, 3.05) is 6.54 Å². The van der Waals surface area contributed by atoms with Gasteiger partial charge in [-0.25, -0.2) is 0 Å². The first kappa shape index (κ1) is 16.0. The van der Waals surface area contributed by atoms with Crippen molar-refractivity contribution in [1.82, 2.24) is 14.3 Å². The Labute approximate surface area is 154 Å². The Kier molecular flexibility index (Phi) is 4.49. The van der Waals surface area contributed by atoms with Gasteiger partial charge in [0.1, 0.15) is 6.33 Å². The summed E-state index contributed by atoms with van der Waals surface area (Å²) in [6.07, 6.45) is 4.79. The Morgan fingerprint density at radius 1 is 1.38 bits per heavy atom. The van der Waals surface area contributed by atoms with Gasteiger partial charge in [-0.3, -0.25) is 0 Å². The standard InChI is InChI=1S/C17H18N4S3/c1-2-7-19-11-18-21(17(19)22)12-20-8-5-14-13(6-10-24-14)16(20)15-4-3-9-23-15/h2-4,6,9-11,16H,1,5,7-8,12H2/p+1/t16-/m1/s1. The lowest BCUT2D eigenvalue weighted by Gasteiger charge is -2.31. The second kappa shape index (κ2) is 6.76. The fourth-order valence-corrected chi connectivity index (χ4v) is 5.42. The van der Waals surface area contributed by atoms with Crippen molar-refractivity contribution >= 4 is 34.9 Å². The molecule has 1 aliphatic heterocycles. The fraction of sp³-hybridized carbons (Fsp3) is 0.294. The van der Waals surface area contributed by atoms with E-state index in [0.717, 1.165) is 24.4 Å². The average Bonchev–Trinajstić information content (AvgIpc) is 3.32. The van der Waals surface area contributed by atoms with Crippen molar-refractivity contribution in [3.8, 4) is 0 Å². The van der Waals surface area contributed by atoms with E-state index in [1.807, 2.05) is 44.3 Å². The largest absolute Gasteiger partial charge is 0.305 e. The van der Waals surface area contributed by atoms with E-state index in [2.05, 4.69) is 40.6 Å². The van der Waals surface area contributed by atoms with Crippen molar-refractivity contribution in [3.63, 3.8) is 0 Å². The highest BCUT2D eigenvalue weighted by Gasteiger charge is 2.34. The molecule has 24 heavy (non-hydrogen) atoms. The normalized spacial score (nSPS) is 20.0. The highest BCUT2D eigenvalue weighted by atomic mass is 32.1. The van der Waals surface area contributed by atoms with Crippen LogP contribution in [-0.2, 0) is 19.6 Å². The molecule has 2 atom stereocenters. The molecule has 0 amide bonds. The number of fused-ring (bicyclic) bond motifs is 1. The van der Waals surface area contributed by atoms with Crippen LogP contribution in [0.4, 0.5) is 0 Å². The predicted molar refractivity (Wildman–Crippen MR) is 101 cm³/mol. The molecular weight excluding hydrogens is 356 g/mol. The third-order valence-corrected chi connectivity index (χ3v) is 6.85. The van der Waals surface area contributed by atoms with Gasteiger partial charge in [0.2, 0.25) is 4.77 Å². The maximum absolute atomic E-state index is 5.57. The maximum Gasteiger partial charge on any atom is 0.202 e. The Hall–Kier alpha value is -1.54. The van der Waals surface area contributed by atoms with Gasteiger partial charge in [-0.05, 0) is 35.1 Å². The molecule has 124 valence electrons. The molecule has 0 bridgehead atoms. The van der Waals surface area contributed by atoms with Gasteiger partial charge in [-0.15, -0.1) is 29.3 Å². The van der Waals surface area contributed by atoms with Crippen molar-refractivity contribution in [2.45, 2.75) is 25.7 Å². The van der Waals surface area contributed by atoms with Crippen LogP contribution in [-0.4, -0.2) is 20.9 Å². The number of hydrogen-bond acceptors (Lipinski definition) is 4. The molecule has 0 saturated heterocycles. The van der Waals surface area contributed by atoms with Crippen LogP contribution in [0.5, 0.6) is 0 Å². The summed E-state index contributed by atoms with van der Waals surface area (Å²) >= 11 is 9.29. The van der Waals surface area contributed by atoms with Crippen LogP contribution < -0.4 is 4.90 Å². The van der Waals surface area contributed by atoms with Crippen molar-refractivity contribution in [2.24, 2.45) is 0 Å². The lowest BCUT2D eigenvalue weighted by Crippen LogP contribution is -3.12. The Balaban J connectivity index is 1.67. The zero-order valence-corrected chi connectivity index (χ0v) is 15.7. The fourth-order valence-electron chi connectivity index (χ4n) is 3.37. The minimum Gasteiger partial charge on any atom is -0.305 e. The molecule has 0 aromatic carbocycles. The van der Waals surface area contributed by atoms with Crippen LogP contribution in [0.3, 0.4) is 0 Å². The van der Waals surface area contributed by atoms with E-state index in [9.17, 15) is 0 Å². The van der Waals surface area contributed by atoms with Gasteiger partial charge in [-0.1, -0.05) is 12.1 Å². The summed E-state index contributed by atoms with van der Waals surface area (Å²) in [6.45, 7) is 6.38. The molecule has 0 spiro atoms. The number of nitrogens with zero attached hydrogens (tertiary/aromatic N) is 3. The average molecular weight is 376 g/mol. The number of hydrogen-bond donors (Lipinski definition) is 1. The number of rotatable bonds is 5. The second-order valence-corrected chi connectivity index (χ2v) is 8.26. The number of thiophene rings is 2. The quantitative estimate of drug-likeness (QED) is 0.548. The molecule has 0 aliphatic carbocycles. The van der Waals surface area contributed by atoms with Gasteiger partial charge in [0.25, 0.3) is 0 Å². The van der Waals surface area contributed by atoms with E-state index in [1.165, 1.54) is 20.2 Å². The van der Waals surface area contributed by atoms with Gasteiger partial charge in [0.15, 0.2) is 12.7 Å². The Morgan fingerprint density at radius 2 is 2.29 bits per heavy atom. The van der Waals surface area contributed by atoms with E-state index in [-0.39, 0.29) is 0 Å². The molecule has 0 radical (unpaired) electrons. The highest BCUT2D eigenvalue weighted by molar-refractivity contribution is 7.71. The molecule has 0 fully saturated rings. The van der Waals surface area contributed by atoms with Crippen LogP contribution in [0.1, 0.15) is 21.4 Å². The molecular formula is C17H19N4S3+. The van der Waals surface area contributed by atoms with Crippen LogP contribution in [0, 0.1) is 4.77 Å². The summed E-state index contributed by atoms with van der Waals surface area (Å²) in [4.78, 5) is 4.45. The maximum atomic E-state index is 5.57. The van der Waals surface area contributed by atoms with Gasteiger partial charge in [-0.2, -0.15) is 9.78 Å². The van der Waals surface area contributed by atoms with Gasteiger partial charge < -0.3 is 9.47 Å². The summed E-state index contributed by atoms with van der Waals surface area (Å²) < 4.78 is 4.68. The molecule has 3 aromatic rings. The molecule has 0 saturated carbocycles. The molecule has 4 heterocycles. The van der Waals surface area contributed by atoms with Crippen LogP contribution in [0.2, 0.25) is 0 Å². The smallest absolute Gasteiger partial charge is 0.202 e. The summed E-state index contributed by atoms with van der Waals surface area (Å²) in [5.74, 6) is 0. The van der Waals surface area contributed by atoms with E-state index in [0.29, 0.717) is 12.6 Å². The van der Waals surface area contributed by atoms with Crippen molar-refractivity contribution < 1.29 is 4.90 Å². The van der Waals surface area contributed by atoms with Crippen LogP contribution >= 0.6 is 34.9 Å². The van der Waals surface area contributed by atoms with Crippen molar-refractivity contribution in [3.05, 3.63) is 68.0 Å². The zero-order chi connectivity index (χ0) is 16.5. The molecule has 1 unspecified atom stereocenters. The molecule has 1 N–H and O–H groups in total. The first-order chi connectivity index (χ1) is 11.8. The van der Waals surface area contributed by atoms with E-state index >= 15 is 0 Å². The molecule has 7 heteroatoms. The van der Waals surface area contributed by atoms with Gasteiger partial charge >= 0.3 is 0 Å². The summed E-state index contributed by atoms with van der Waals surface area (Å²) in [5.41, 5.74) is 1.47. The molecule has 3 aromatic heterocycles. The van der Waals surface area contributed by atoms with E-state index in [4.69, 9.17) is 12.2 Å². The molecule has 1 aliphatic rings. The van der Waals surface area contributed by atoms with Crippen molar-refractivity contribution in [1.29, 1.82) is 0 Å². The second-order valence-electron chi connectivity index (χ2n) is 5.92. The lowest BCUT2D eigenvalue weighted by atomic mass is 9.99. The van der Waals surface area contributed by atoms with Crippen LogP contribution in [0.15, 0.2) is 47.9 Å². The number of allylic oxidation sites excluding steroid dienone is 1. The first-order valence-electron chi connectivity index (χ1n) is 7.95. The number of nitrogens with one attached hydrogen (secondary N) is 1. The van der Waals surface area contributed by atoms with Gasteiger partial charge in [0, 0.05) is 23.4 Å². The number of quaternary nitrogens is 1. The van der Waals surface area contributed by atoms with Crippen LogP contribution in [0.25, 0.3) is 0 Å². The third-order valence-electron chi connectivity index (χ3n) is 4.48.